The van der Waals surface area contributed by atoms with Gasteiger partial charge in [-0.15, -0.1) is 0 Å². The van der Waals surface area contributed by atoms with E-state index in [4.69, 9.17) is 9.72 Å². The summed E-state index contributed by atoms with van der Waals surface area (Å²) in [7, 11) is -3.13. The first-order valence-electron chi connectivity index (χ1n) is 12.6. The Labute approximate surface area is 217 Å². The number of hydrogen-bond acceptors (Lipinski definition) is 6. The zero-order valence-corrected chi connectivity index (χ0v) is 21.9. The normalized spacial score (nSPS) is 19.2. The van der Waals surface area contributed by atoms with E-state index in [1.54, 1.807) is 6.92 Å². The summed E-state index contributed by atoms with van der Waals surface area (Å²) in [6.45, 7) is 3.78. The number of likely N-dealkylation sites (N-methyl/N-ethyl adjacent to an activating group) is 1. The Kier molecular flexibility index (Phi) is 6.86. The van der Waals surface area contributed by atoms with Crippen LogP contribution in [0.15, 0.2) is 48.5 Å². The Morgan fingerprint density at radius 1 is 1.11 bits per heavy atom. The number of amides is 1. The molecular weight excluding hydrogens is 488 g/mol. The molecule has 5 rings (SSSR count). The molecule has 0 saturated carbocycles. The highest BCUT2D eigenvalue weighted by molar-refractivity contribution is 7.91. The summed E-state index contributed by atoms with van der Waals surface area (Å²) in [5.74, 6) is -0.906. The second-order valence-electron chi connectivity index (χ2n) is 9.72. The lowest BCUT2D eigenvalue weighted by Crippen LogP contribution is -2.43. The first-order chi connectivity index (χ1) is 17.8. The van der Waals surface area contributed by atoms with Gasteiger partial charge in [0.05, 0.1) is 28.3 Å². The third-order valence-corrected chi connectivity index (χ3v) is 8.95. The van der Waals surface area contributed by atoms with Crippen molar-refractivity contribution in [2.24, 2.45) is 0 Å². The van der Waals surface area contributed by atoms with Crippen LogP contribution in [0, 0.1) is 6.92 Å². The lowest BCUT2D eigenvalue weighted by molar-refractivity contribution is -0.136. The number of carbonyl (C=O) groups excluding carboxylic acids is 2. The van der Waals surface area contributed by atoms with Gasteiger partial charge in [0, 0.05) is 18.0 Å². The number of benzene rings is 2. The number of fused-ring (bicyclic) bond motifs is 2. The maximum absolute atomic E-state index is 13.4. The maximum atomic E-state index is 13.4. The summed E-state index contributed by atoms with van der Waals surface area (Å²) in [5, 5.41) is 0.699. The minimum absolute atomic E-state index is 0.0425. The maximum Gasteiger partial charge on any atom is 0.339 e. The van der Waals surface area contributed by atoms with E-state index in [0.29, 0.717) is 35.9 Å². The topological polar surface area (TPSA) is 93.6 Å². The summed E-state index contributed by atoms with van der Waals surface area (Å²) in [6, 6.07) is 15.4. The first-order valence-corrected chi connectivity index (χ1v) is 14.4. The number of rotatable bonds is 6. The summed E-state index contributed by atoms with van der Waals surface area (Å²) in [6.07, 6.45) is 3.94. The molecule has 1 unspecified atom stereocenters. The number of aromatic nitrogens is 1. The average Bonchev–Trinajstić information content (AvgIpc) is 3.45. The van der Waals surface area contributed by atoms with E-state index in [2.05, 4.69) is 30.3 Å². The van der Waals surface area contributed by atoms with Crippen LogP contribution in [0.3, 0.4) is 0 Å². The van der Waals surface area contributed by atoms with Crippen molar-refractivity contribution in [3.63, 3.8) is 0 Å². The van der Waals surface area contributed by atoms with Gasteiger partial charge in [-0.05, 0) is 62.0 Å². The lowest BCUT2D eigenvalue weighted by Gasteiger charge is -2.26. The van der Waals surface area contributed by atoms with Gasteiger partial charge in [0.2, 0.25) is 0 Å². The Bertz CT molecular complexity index is 1510. The summed E-state index contributed by atoms with van der Waals surface area (Å²) in [5.41, 5.74) is 6.11. The van der Waals surface area contributed by atoms with Crippen LogP contribution in [0.25, 0.3) is 22.6 Å². The largest absolute Gasteiger partial charge is 0.452 e. The van der Waals surface area contributed by atoms with Gasteiger partial charge < -0.3 is 9.64 Å². The molecule has 1 atom stereocenters. The molecule has 8 heteroatoms. The molecule has 0 N–H and O–H groups in total. The summed E-state index contributed by atoms with van der Waals surface area (Å²) < 4.78 is 29.3. The molecule has 2 aliphatic rings. The third kappa shape index (κ3) is 5.16. The fourth-order valence-electron chi connectivity index (χ4n) is 5.32. The quantitative estimate of drug-likeness (QED) is 0.454. The molecule has 1 saturated heterocycles. The van der Waals surface area contributed by atoms with Gasteiger partial charge in [0.25, 0.3) is 5.91 Å². The molecule has 3 aromatic rings. The van der Waals surface area contributed by atoms with E-state index in [0.717, 1.165) is 28.8 Å². The van der Waals surface area contributed by atoms with Gasteiger partial charge in [-0.2, -0.15) is 0 Å². The van der Waals surface area contributed by atoms with Crippen LogP contribution in [0.2, 0.25) is 0 Å². The predicted molar refractivity (Wildman–Crippen MR) is 144 cm³/mol. The molecule has 2 aromatic carbocycles. The average molecular weight is 519 g/mol. The number of pyridine rings is 1. The summed E-state index contributed by atoms with van der Waals surface area (Å²) in [4.78, 5) is 32.7. The van der Waals surface area contributed by atoms with Gasteiger partial charge in [0.15, 0.2) is 16.4 Å². The highest BCUT2D eigenvalue weighted by atomic mass is 32.2. The highest BCUT2D eigenvalue weighted by Crippen LogP contribution is 2.37. The Morgan fingerprint density at radius 2 is 1.86 bits per heavy atom. The lowest BCUT2D eigenvalue weighted by atomic mass is 10.0. The van der Waals surface area contributed by atoms with Gasteiger partial charge >= 0.3 is 5.97 Å². The molecule has 1 amide bonds. The van der Waals surface area contributed by atoms with E-state index in [1.165, 1.54) is 10.5 Å². The van der Waals surface area contributed by atoms with Gasteiger partial charge in [-0.3, -0.25) is 4.79 Å². The zero-order chi connectivity index (χ0) is 26.2. The number of aryl methyl sites for hydroxylation is 1. The molecule has 1 aliphatic heterocycles. The molecule has 37 heavy (non-hydrogen) atoms. The number of para-hydroxylation sites is 1. The molecule has 7 nitrogen and oxygen atoms in total. The SMILES string of the molecule is CCN(C(=O)COC(=O)c1c2c(nc3ccccc13)/C(=C/c1ccc(C)cc1)CC2)C1CCS(=O)(=O)C1. The molecule has 1 aliphatic carbocycles. The monoisotopic (exact) mass is 518 g/mol. The van der Waals surface area contributed by atoms with Crippen molar-refractivity contribution in [1.29, 1.82) is 0 Å². The van der Waals surface area contributed by atoms with E-state index in [1.807, 2.05) is 31.2 Å². The van der Waals surface area contributed by atoms with Crippen LogP contribution in [-0.2, 0) is 25.8 Å². The van der Waals surface area contributed by atoms with Crippen molar-refractivity contribution in [3.05, 3.63) is 76.5 Å². The second kappa shape index (κ2) is 10.1. The van der Waals surface area contributed by atoms with Crippen LogP contribution in [0.4, 0.5) is 0 Å². The first kappa shape index (κ1) is 25.1. The number of esters is 1. The van der Waals surface area contributed by atoms with E-state index in [-0.39, 0.29) is 23.5 Å². The fraction of sp³-hybridized carbons (Fsp3) is 0.345. The van der Waals surface area contributed by atoms with Crippen LogP contribution < -0.4 is 0 Å². The molecular formula is C29H30N2O5S. The van der Waals surface area contributed by atoms with Gasteiger partial charge in [-0.1, -0.05) is 48.0 Å². The van der Waals surface area contributed by atoms with Crippen molar-refractivity contribution >= 4 is 44.3 Å². The molecule has 1 fully saturated rings. The summed E-state index contributed by atoms with van der Waals surface area (Å²) >= 11 is 0. The Morgan fingerprint density at radius 3 is 2.57 bits per heavy atom. The van der Waals surface area contributed by atoms with Crippen molar-refractivity contribution in [3.8, 4) is 0 Å². The minimum Gasteiger partial charge on any atom is -0.452 e. The van der Waals surface area contributed by atoms with Crippen LogP contribution >= 0.6 is 0 Å². The van der Waals surface area contributed by atoms with E-state index in [9.17, 15) is 18.0 Å². The molecule has 1 aromatic heterocycles. The third-order valence-electron chi connectivity index (χ3n) is 7.20. The smallest absolute Gasteiger partial charge is 0.339 e. The number of carbonyl (C=O) groups is 2. The number of hydrogen-bond donors (Lipinski definition) is 0. The minimum atomic E-state index is -3.13. The molecule has 0 bridgehead atoms. The van der Waals surface area contributed by atoms with Crippen LogP contribution in [-0.4, -0.2) is 60.9 Å². The van der Waals surface area contributed by atoms with Crippen molar-refractivity contribution < 1.29 is 22.7 Å². The molecule has 0 radical (unpaired) electrons. The van der Waals surface area contributed by atoms with E-state index < -0.39 is 22.4 Å². The second-order valence-corrected chi connectivity index (χ2v) is 12.0. The zero-order valence-electron chi connectivity index (χ0n) is 21.1. The van der Waals surface area contributed by atoms with Crippen molar-refractivity contribution in [2.75, 3.05) is 24.7 Å². The predicted octanol–water partition coefficient (Wildman–Crippen LogP) is 4.22. The van der Waals surface area contributed by atoms with Gasteiger partial charge in [0.1, 0.15) is 0 Å². The number of nitrogens with zero attached hydrogens (tertiary/aromatic N) is 2. The number of sulfone groups is 1. The fourth-order valence-corrected chi connectivity index (χ4v) is 7.05. The standard InChI is InChI=1S/C29H30N2O5S/c1-3-31(22-14-15-37(34,35)18-22)26(32)17-36-29(33)27-23-6-4-5-7-25(23)30-28-21(12-13-24(27)28)16-20-10-8-19(2)9-11-20/h4-11,16,22H,3,12-15,17-18H2,1-2H3/b21-16+. The number of allylic oxidation sites excluding steroid dienone is 1. The Balaban J connectivity index is 1.42. The van der Waals surface area contributed by atoms with Gasteiger partial charge in [-0.25, -0.2) is 18.2 Å². The van der Waals surface area contributed by atoms with Crippen LogP contribution in [0.1, 0.15) is 52.5 Å². The Hall–Kier alpha value is -3.52. The van der Waals surface area contributed by atoms with Crippen molar-refractivity contribution in [2.45, 2.75) is 39.2 Å². The number of ether oxygens (including phenoxy) is 1. The molecule has 192 valence electrons. The molecule has 2 heterocycles. The molecule has 0 spiro atoms. The van der Waals surface area contributed by atoms with Crippen LogP contribution in [0.5, 0.6) is 0 Å². The van der Waals surface area contributed by atoms with E-state index >= 15 is 0 Å². The van der Waals surface area contributed by atoms with Crippen molar-refractivity contribution in [1.82, 2.24) is 9.88 Å². The highest BCUT2D eigenvalue weighted by Gasteiger charge is 2.34.